The maximum Gasteiger partial charge on any atom is 0.246 e. The molecule has 17 nitrogen and oxygen atoms in total. The summed E-state index contributed by atoms with van der Waals surface area (Å²) < 4.78 is 0. The fourth-order valence-corrected chi connectivity index (χ4v) is 8.70. The minimum absolute atomic E-state index is 0. The highest BCUT2D eigenvalue weighted by molar-refractivity contribution is 6.02. The minimum Gasteiger partial charge on any atom is -0.394 e. The van der Waals surface area contributed by atoms with Crippen molar-refractivity contribution in [3.63, 3.8) is 0 Å². The standard InChI is InChI=1S/C52H78N8O9.2ClH/c1-29(2)31(5)55-48(66)40(57-50(68)44(30(3)4)58-47(65)38(53)28-61)22-15-23-42(62)35-18-13-19-36(26-35)43(63)25-33-24-41(49(67)56-39-21-14-17-34-16-11-12-20-37(34)39)60(27-33)51(69)45(52(7,8)9)59-46(64)32(6)54-10;;/h11-13,16,18-20,26,29-33,38-41,44-45,54,61H,14-15,17,21-25,27-28,53H2,1-10H3,(H,55,66)(H,56,67)(H,57,68)(H,58,65)(H,59,64);2*1H/t31-,32-,33+,38+,39+,40+,41-,44+,45+;;/m0../s1. The molecule has 2 aromatic rings. The van der Waals surface area contributed by atoms with E-state index in [9.17, 15) is 43.5 Å². The summed E-state index contributed by atoms with van der Waals surface area (Å²) in [6, 6.07) is 8.18. The van der Waals surface area contributed by atoms with E-state index in [0.717, 1.165) is 24.8 Å². The van der Waals surface area contributed by atoms with Gasteiger partial charge in [0, 0.05) is 36.6 Å². The summed E-state index contributed by atoms with van der Waals surface area (Å²) in [5, 5.41) is 26.6. The number of likely N-dealkylation sites (N-methyl/N-ethyl adjacent to an activating group) is 1. The predicted molar refractivity (Wildman–Crippen MR) is 278 cm³/mol. The van der Waals surface area contributed by atoms with Crippen LogP contribution in [0.15, 0.2) is 48.5 Å². The molecular weight excluding hydrogens is 952 g/mol. The van der Waals surface area contributed by atoms with E-state index in [4.69, 9.17) is 5.73 Å². The number of carbonyl (C=O) groups excluding carboxylic acids is 8. The summed E-state index contributed by atoms with van der Waals surface area (Å²) in [5.74, 6) is -4.11. The first-order valence-corrected chi connectivity index (χ1v) is 24.6. The van der Waals surface area contributed by atoms with Crippen molar-refractivity contribution >= 4 is 71.8 Å². The third kappa shape index (κ3) is 17.4. The van der Waals surface area contributed by atoms with Crippen LogP contribution in [0, 0.1) is 23.2 Å². The van der Waals surface area contributed by atoms with Gasteiger partial charge in [0.15, 0.2) is 11.6 Å². The smallest absolute Gasteiger partial charge is 0.246 e. The molecule has 1 aliphatic carbocycles. The third-order valence-electron chi connectivity index (χ3n) is 13.5. The second-order valence-corrected chi connectivity index (χ2v) is 20.7. The summed E-state index contributed by atoms with van der Waals surface area (Å²) in [6.07, 6.45) is 3.05. The van der Waals surface area contributed by atoms with Gasteiger partial charge in [-0.3, -0.25) is 38.4 Å². The molecule has 0 spiro atoms. The number of fused-ring (bicyclic) bond motifs is 1. The number of aryl methyl sites for hydroxylation is 1. The molecule has 0 radical (unpaired) electrons. The lowest BCUT2D eigenvalue weighted by molar-refractivity contribution is -0.144. The molecule has 0 unspecified atom stereocenters. The van der Waals surface area contributed by atoms with Crippen molar-refractivity contribution in [3.05, 3.63) is 70.8 Å². The second-order valence-electron chi connectivity index (χ2n) is 20.7. The lowest BCUT2D eigenvalue weighted by Crippen LogP contribution is -2.59. The number of nitrogens with two attached hydrogens (primary N) is 1. The number of amides is 6. The van der Waals surface area contributed by atoms with Crippen molar-refractivity contribution in [2.24, 2.45) is 28.9 Å². The fraction of sp³-hybridized carbons (Fsp3) is 0.615. The minimum atomic E-state index is -1.23. The quantitative estimate of drug-likeness (QED) is 0.0735. The van der Waals surface area contributed by atoms with Gasteiger partial charge in [0.2, 0.25) is 35.4 Å². The van der Waals surface area contributed by atoms with Crippen LogP contribution in [0.3, 0.4) is 0 Å². The van der Waals surface area contributed by atoms with Crippen LogP contribution in [-0.4, -0.2) is 120 Å². The van der Waals surface area contributed by atoms with Gasteiger partial charge in [-0.05, 0) is 99.8 Å². The van der Waals surface area contributed by atoms with Gasteiger partial charge in [-0.2, -0.15) is 0 Å². The van der Waals surface area contributed by atoms with Crippen molar-refractivity contribution in [1.82, 2.24) is 36.8 Å². The van der Waals surface area contributed by atoms with Crippen molar-refractivity contribution in [2.75, 3.05) is 20.2 Å². The molecule has 71 heavy (non-hydrogen) atoms. The Kier molecular flexibility index (Phi) is 24.8. The summed E-state index contributed by atoms with van der Waals surface area (Å²) >= 11 is 0. The highest BCUT2D eigenvalue weighted by Crippen LogP contribution is 2.34. The average Bonchev–Trinajstić information content (AvgIpc) is 3.74. The molecule has 2 aliphatic rings. The number of nitrogens with zero attached hydrogens (tertiary/aromatic N) is 1. The molecule has 19 heteroatoms. The number of rotatable bonds is 23. The molecule has 4 rings (SSSR count). The summed E-state index contributed by atoms with van der Waals surface area (Å²) in [5.41, 5.74) is 7.75. The zero-order valence-electron chi connectivity index (χ0n) is 43.1. The molecule has 396 valence electrons. The van der Waals surface area contributed by atoms with Crippen LogP contribution in [0.5, 0.6) is 0 Å². The number of aliphatic hydroxyl groups is 1. The van der Waals surface area contributed by atoms with Gasteiger partial charge >= 0.3 is 0 Å². The largest absolute Gasteiger partial charge is 0.394 e. The van der Waals surface area contributed by atoms with Gasteiger partial charge in [-0.25, -0.2) is 0 Å². The Bertz CT molecular complexity index is 2170. The lowest BCUT2D eigenvalue weighted by atomic mass is 9.85. The van der Waals surface area contributed by atoms with Crippen LogP contribution in [0.2, 0.25) is 0 Å². The first-order chi connectivity index (χ1) is 32.5. The van der Waals surface area contributed by atoms with Crippen molar-refractivity contribution in [1.29, 1.82) is 0 Å². The Balaban J connectivity index is 0.00000864. The van der Waals surface area contributed by atoms with Crippen LogP contribution in [0.4, 0.5) is 0 Å². The maximum atomic E-state index is 14.6. The highest BCUT2D eigenvalue weighted by atomic mass is 35.5. The molecule has 1 aliphatic heterocycles. The van der Waals surface area contributed by atoms with E-state index in [1.807, 2.05) is 59.7 Å². The number of halogens is 2. The molecule has 9 N–H and O–H groups in total. The van der Waals surface area contributed by atoms with Crippen LogP contribution < -0.4 is 37.6 Å². The SMILES string of the molecule is CN[C@@H](C)C(=O)N[C@H](C(=O)N1C[C@@H](CC(=O)c2cccc(C(=O)CCC[C@@H](NC(=O)[C@H](NC(=O)[C@H](N)CO)C(C)C)C(=O)N[C@@H](C)C(C)C)c2)C[C@H]1C(=O)N[C@@H]1CCCc2ccccc21)C(C)(C)C.Cl.Cl. The van der Waals surface area contributed by atoms with Gasteiger partial charge < -0.3 is 47.6 Å². The van der Waals surface area contributed by atoms with Crippen LogP contribution in [-0.2, 0) is 35.2 Å². The molecule has 1 fully saturated rings. The van der Waals surface area contributed by atoms with Gasteiger partial charge in [-0.1, -0.05) is 90.9 Å². The number of ketones is 2. The summed E-state index contributed by atoms with van der Waals surface area (Å²) in [4.78, 5) is 111. The molecule has 2 aromatic carbocycles. The van der Waals surface area contributed by atoms with Gasteiger partial charge in [0.25, 0.3) is 0 Å². The number of Topliss-reactive ketones (excluding diaryl/α,β-unsaturated/α-hetero) is 2. The van der Waals surface area contributed by atoms with Gasteiger partial charge in [-0.15, -0.1) is 24.8 Å². The molecular formula is C52H80Cl2N8O9. The molecule has 0 aromatic heterocycles. The summed E-state index contributed by atoms with van der Waals surface area (Å²) in [7, 11) is 1.65. The number of hydrogen-bond acceptors (Lipinski definition) is 11. The van der Waals surface area contributed by atoms with Gasteiger partial charge in [0.05, 0.1) is 18.7 Å². The van der Waals surface area contributed by atoms with E-state index >= 15 is 0 Å². The van der Waals surface area contributed by atoms with E-state index in [-0.39, 0.29) is 116 Å². The number of aliphatic hydroxyl groups excluding tert-OH is 1. The lowest BCUT2D eigenvalue weighted by Gasteiger charge is -2.36. The number of benzene rings is 2. The first-order valence-electron chi connectivity index (χ1n) is 24.6. The predicted octanol–water partition coefficient (Wildman–Crippen LogP) is 4.11. The van der Waals surface area contributed by atoms with Gasteiger partial charge in [0.1, 0.15) is 30.2 Å². The van der Waals surface area contributed by atoms with E-state index in [0.29, 0.717) is 5.56 Å². The molecule has 0 bridgehead atoms. The van der Waals surface area contributed by atoms with Crippen LogP contribution in [0.25, 0.3) is 0 Å². The van der Waals surface area contributed by atoms with E-state index in [1.165, 1.54) is 16.5 Å². The Morgan fingerprint density at radius 3 is 2.04 bits per heavy atom. The highest BCUT2D eigenvalue weighted by Gasteiger charge is 2.46. The van der Waals surface area contributed by atoms with Crippen LogP contribution >= 0.6 is 24.8 Å². The Hall–Kier alpha value is -4.94. The molecule has 6 amide bonds. The Morgan fingerprint density at radius 1 is 0.789 bits per heavy atom. The normalized spacial score (nSPS) is 19.0. The molecule has 1 saturated heterocycles. The number of hydrogen-bond donors (Lipinski definition) is 8. The van der Waals surface area contributed by atoms with Crippen molar-refractivity contribution in [3.8, 4) is 0 Å². The van der Waals surface area contributed by atoms with E-state index in [1.54, 1.807) is 46.0 Å². The first kappa shape index (κ1) is 62.2. The van der Waals surface area contributed by atoms with Crippen molar-refractivity contribution in [2.45, 2.75) is 162 Å². The second kappa shape index (κ2) is 28.3. The Morgan fingerprint density at radius 2 is 1.44 bits per heavy atom. The Labute approximate surface area is 432 Å². The topological polar surface area (TPSA) is 258 Å². The summed E-state index contributed by atoms with van der Waals surface area (Å²) in [6.45, 7) is 15.9. The number of carbonyl (C=O) groups is 8. The maximum absolute atomic E-state index is 14.6. The van der Waals surface area contributed by atoms with Crippen LogP contribution in [0.1, 0.15) is 145 Å². The fourth-order valence-electron chi connectivity index (χ4n) is 8.70. The average molecular weight is 1030 g/mol. The third-order valence-corrected chi connectivity index (χ3v) is 13.5. The molecule has 9 atom stereocenters. The monoisotopic (exact) mass is 1030 g/mol. The number of nitrogens with one attached hydrogen (secondary N) is 6. The molecule has 0 saturated carbocycles. The zero-order valence-corrected chi connectivity index (χ0v) is 44.7. The van der Waals surface area contributed by atoms with Crippen molar-refractivity contribution < 1.29 is 43.5 Å². The zero-order chi connectivity index (χ0) is 51.3. The van der Waals surface area contributed by atoms with E-state index in [2.05, 4.69) is 38.0 Å². The van der Waals surface area contributed by atoms with E-state index < -0.39 is 77.8 Å². The molecule has 1 heterocycles. The number of likely N-dealkylation sites (tertiary alicyclic amines) is 1.